The minimum atomic E-state index is -0.0594. The SMILES string of the molecule is COc1ccc(Cl)cc1NCCC(=O)Nc1scnc1C. The third-order valence-corrected chi connectivity index (χ3v) is 3.91. The molecule has 0 spiro atoms. The smallest absolute Gasteiger partial charge is 0.226 e. The van der Waals surface area contributed by atoms with Gasteiger partial charge in [-0.1, -0.05) is 11.6 Å². The first kappa shape index (κ1) is 15.6. The molecule has 1 heterocycles. The summed E-state index contributed by atoms with van der Waals surface area (Å²) in [6.07, 6.45) is 0.340. The number of amides is 1. The molecule has 0 aliphatic carbocycles. The summed E-state index contributed by atoms with van der Waals surface area (Å²) < 4.78 is 5.23. The molecule has 0 aliphatic heterocycles. The van der Waals surface area contributed by atoms with Gasteiger partial charge in [0.2, 0.25) is 5.91 Å². The topological polar surface area (TPSA) is 63.2 Å². The van der Waals surface area contributed by atoms with Gasteiger partial charge in [0.05, 0.1) is 24.0 Å². The molecular weight excluding hydrogens is 310 g/mol. The van der Waals surface area contributed by atoms with Crippen molar-refractivity contribution in [2.45, 2.75) is 13.3 Å². The molecule has 0 bridgehead atoms. The Morgan fingerprint density at radius 3 is 2.95 bits per heavy atom. The number of nitrogens with one attached hydrogen (secondary N) is 2. The van der Waals surface area contributed by atoms with Crippen LogP contribution < -0.4 is 15.4 Å². The number of rotatable bonds is 6. The van der Waals surface area contributed by atoms with Crippen LogP contribution in [0.5, 0.6) is 5.75 Å². The number of ether oxygens (including phenoxy) is 1. The molecule has 112 valence electrons. The van der Waals surface area contributed by atoms with E-state index in [-0.39, 0.29) is 5.91 Å². The lowest BCUT2D eigenvalue weighted by Crippen LogP contribution is -2.16. The lowest BCUT2D eigenvalue weighted by Gasteiger charge is -2.11. The molecule has 5 nitrogen and oxygen atoms in total. The summed E-state index contributed by atoms with van der Waals surface area (Å²) in [5, 5.41) is 7.39. The molecule has 0 atom stereocenters. The molecule has 0 aliphatic rings. The predicted octanol–water partition coefficient (Wildman–Crippen LogP) is 3.55. The van der Waals surface area contributed by atoms with Crippen LogP contribution in [0.1, 0.15) is 12.1 Å². The van der Waals surface area contributed by atoms with E-state index in [1.165, 1.54) is 11.3 Å². The van der Waals surface area contributed by atoms with Crippen molar-refractivity contribution in [3.05, 3.63) is 34.4 Å². The normalized spacial score (nSPS) is 10.2. The Bertz CT molecular complexity index is 630. The second-order valence-corrected chi connectivity index (χ2v) is 5.63. The van der Waals surface area contributed by atoms with Crippen molar-refractivity contribution in [2.75, 3.05) is 24.3 Å². The number of benzene rings is 1. The van der Waals surface area contributed by atoms with Gasteiger partial charge >= 0.3 is 0 Å². The predicted molar refractivity (Wildman–Crippen MR) is 86.6 cm³/mol. The summed E-state index contributed by atoms with van der Waals surface area (Å²) in [6.45, 7) is 2.35. The minimum Gasteiger partial charge on any atom is -0.495 e. The van der Waals surface area contributed by atoms with Gasteiger partial charge in [-0.2, -0.15) is 0 Å². The molecule has 2 N–H and O–H groups in total. The van der Waals surface area contributed by atoms with E-state index in [4.69, 9.17) is 16.3 Å². The van der Waals surface area contributed by atoms with Crippen LogP contribution in [0.15, 0.2) is 23.7 Å². The van der Waals surface area contributed by atoms with Crippen LogP contribution in [0.25, 0.3) is 0 Å². The molecule has 0 radical (unpaired) electrons. The lowest BCUT2D eigenvalue weighted by molar-refractivity contribution is -0.115. The van der Waals surface area contributed by atoms with Gasteiger partial charge in [0.25, 0.3) is 0 Å². The molecule has 2 rings (SSSR count). The fourth-order valence-corrected chi connectivity index (χ4v) is 2.62. The van der Waals surface area contributed by atoms with Crippen molar-refractivity contribution in [3.8, 4) is 5.75 Å². The maximum atomic E-state index is 11.8. The van der Waals surface area contributed by atoms with Crippen molar-refractivity contribution in [1.29, 1.82) is 0 Å². The summed E-state index contributed by atoms with van der Waals surface area (Å²) >= 11 is 7.36. The molecule has 1 aromatic carbocycles. The number of halogens is 1. The highest BCUT2D eigenvalue weighted by molar-refractivity contribution is 7.14. The number of nitrogens with zero attached hydrogens (tertiary/aromatic N) is 1. The van der Waals surface area contributed by atoms with E-state index in [1.807, 2.05) is 6.92 Å². The van der Waals surface area contributed by atoms with Crippen molar-refractivity contribution in [1.82, 2.24) is 4.98 Å². The van der Waals surface area contributed by atoms with E-state index in [0.717, 1.165) is 16.4 Å². The van der Waals surface area contributed by atoms with Crippen LogP contribution in [-0.2, 0) is 4.79 Å². The van der Waals surface area contributed by atoms with Crippen LogP contribution in [0.4, 0.5) is 10.7 Å². The quantitative estimate of drug-likeness (QED) is 0.852. The van der Waals surface area contributed by atoms with Gasteiger partial charge in [-0.05, 0) is 25.1 Å². The van der Waals surface area contributed by atoms with E-state index in [2.05, 4.69) is 15.6 Å². The average molecular weight is 326 g/mol. The zero-order valence-electron chi connectivity index (χ0n) is 11.8. The van der Waals surface area contributed by atoms with E-state index < -0.39 is 0 Å². The van der Waals surface area contributed by atoms with E-state index in [9.17, 15) is 4.79 Å². The number of carbonyl (C=O) groups excluding carboxylic acids is 1. The van der Waals surface area contributed by atoms with Crippen molar-refractivity contribution >= 4 is 39.5 Å². The fourth-order valence-electron chi connectivity index (χ4n) is 1.74. The molecule has 1 aromatic heterocycles. The second kappa shape index (κ2) is 7.28. The lowest BCUT2D eigenvalue weighted by atomic mass is 10.2. The maximum absolute atomic E-state index is 11.8. The van der Waals surface area contributed by atoms with Gasteiger partial charge in [-0.3, -0.25) is 4.79 Å². The molecule has 21 heavy (non-hydrogen) atoms. The molecule has 0 unspecified atom stereocenters. The minimum absolute atomic E-state index is 0.0594. The third kappa shape index (κ3) is 4.34. The van der Waals surface area contributed by atoms with E-state index in [0.29, 0.717) is 23.7 Å². The molecular formula is C14H16ClN3O2S. The first-order chi connectivity index (χ1) is 10.1. The van der Waals surface area contributed by atoms with E-state index >= 15 is 0 Å². The Morgan fingerprint density at radius 2 is 2.29 bits per heavy atom. The number of anilines is 2. The highest BCUT2D eigenvalue weighted by Crippen LogP contribution is 2.27. The highest BCUT2D eigenvalue weighted by Gasteiger charge is 2.08. The maximum Gasteiger partial charge on any atom is 0.226 e. The Morgan fingerprint density at radius 1 is 1.48 bits per heavy atom. The molecule has 2 aromatic rings. The van der Waals surface area contributed by atoms with Crippen LogP contribution in [0, 0.1) is 6.92 Å². The summed E-state index contributed by atoms with van der Waals surface area (Å²) in [4.78, 5) is 15.9. The standard InChI is InChI=1S/C14H16ClN3O2S/c1-9-14(21-8-17-9)18-13(19)5-6-16-11-7-10(15)3-4-12(11)20-2/h3-4,7-8,16H,5-6H2,1-2H3,(H,18,19). The summed E-state index contributed by atoms with van der Waals surface area (Å²) in [5.74, 6) is 0.633. The second-order valence-electron chi connectivity index (χ2n) is 4.34. The number of hydrogen-bond donors (Lipinski definition) is 2. The van der Waals surface area contributed by atoms with Crippen molar-refractivity contribution < 1.29 is 9.53 Å². The van der Waals surface area contributed by atoms with Crippen molar-refractivity contribution in [3.63, 3.8) is 0 Å². The largest absolute Gasteiger partial charge is 0.495 e. The van der Waals surface area contributed by atoms with Crippen LogP contribution >= 0.6 is 22.9 Å². The van der Waals surface area contributed by atoms with Crippen molar-refractivity contribution in [2.24, 2.45) is 0 Å². The van der Waals surface area contributed by atoms with Crippen LogP contribution in [0.2, 0.25) is 5.02 Å². The van der Waals surface area contributed by atoms with Gasteiger partial charge in [-0.25, -0.2) is 4.98 Å². The summed E-state index contributed by atoms with van der Waals surface area (Å²) in [5.41, 5.74) is 3.31. The average Bonchev–Trinajstić information content (AvgIpc) is 2.84. The highest BCUT2D eigenvalue weighted by atomic mass is 35.5. The number of aryl methyl sites for hydroxylation is 1. The molecule has 1 amide bonds. The van der Waals surface area contributed by atoms with E-state index in [1.54, 1.807) is 30.8 Å². The Balaban J connectivity index is 1.85. The van der Waals surface area contributed by atoms with Crippen LogP contribution in [0.3, 0.4) is 0 Å². The molecule has 0 saturated heterocycles. The first-order valence-corrected chi connectivity index (χ1v) is 7.63. The van der Waals surface area contributed by atoms with Gasteiger partial charge in [0.1, 0.15) is 10.8 Å². The number of aromatic nitrogens is 1. The van der Waals surface area contributed by atoms with Gasteiger partial charge in [-0.15, -0.1) is 11.3 Å². The monoisotopic (exact) mass is 325 g/mol. The third-order valence-electron chi connectivity index (χ3n) is 2.83. The Labute approximate surface area is 132 Å². The number of carbonyl (C=O) groups is 1. The zero-order chi connectivity index (χ0) is 15.2. The van der Waals surface area contributed by atoms with Gasteiger partial charge in [0.15, 0.2) is 0 Å². The van der Waals surface area contributed by atoms with Gasteiger partial charge in [0, 0.05) is 18.0 Å². The summed E-state index contributed by atoms with van der Waals surface area (Å²) in [7, 11) is 1.59. The van der Waals surface area contributed by atoms with Gasteiger partial charge < -0.3 is 15.4 Å². The number of methoxy groups -OCH3 is 1. The molecule has 0 fully saturated rings. The Kier molecular flexibility index (Phi) is 5.41. The molecule has 0 saturated carbocycles. The molecule has 7 heteroatoms. The summed E-state index contributed by atoms with van der Waals surface area (Å²) in [6, 6.07) is 5.31. The van der Waals surface area contributed by atoms with Crippen LogP contribution in [-0.4, -0.2) is 24.5 Å². The number of hydrogen-bond acceptors (Lipinski definition) is 5. The zero-order valence-corrected chi connectivity index (χ0v) is 13.3. The number of thiazole rings is 1. The fraction of sp³-hybridized carbons (Fsp3) is 0.286. The Hall–Kier alpha value is -1.79. The first-order valence-electron chi connectivity index (χ1n) is 6.37.